The number of hydrogen-bond acceptors (Lipinski definition) is 4. The monoisotopic (exact) mass is 187 g/mol. The molecule has 4 heteroatoms. The standard InChI is InChI=1S/C9H17NO3/c1-6-12-8(11)7(2)10-13-9(3,4)5/h6H2,1-5H3/b10-7-. The minimum Gasteiger partial charge on any atom is -0.461 e. The quantitative estimate of drug-likeness (QED) is 0.384. The van der Waals surface area contributed by atoms with E-state index in [4.69, 9.17) is 9.57 Å². The Hall–Kier alpha value is -1.06. The van der Waals surface area contributed by atoms with Crippen molar-refractivity contribution in [3.05, 3.63) is 0 Å². The van der Waals surface area contributed by atoms with E-state index in [1.165, 1.54) is 0 Å². The highest BCUT2D eigenvalue weighted by Gasteiger charge is 2.13. The summed E-state index contributed by atoms with van der Waals surface area (Å²) in [5, 5.41) is 3.66. The van der Waals surface area contributed by atoms with E-state index in [0.717, 1.165) is 0 Å². The van der Waals surface area contributed by atoms with Crippen molar-refractivity contribution in [3.63, 3.8) is 0 Å². The molecule has 0 aliphatic heterocycles. The zero-order valence-electron chi connectivity index (χ0n) is 8.88. The van der Waals surface area contributed by atoms with Gasteiger partial charge < -0.3 is 9.57 Å². The van der Waals surface area contributed by atoms with Gasteiger partial charge in [0, 0.05) is 0 Å². The molecule has 13 heavy (non-hydrogen) atoms. The predicted molar refractivity (Wildman–Crippen MR) is 50.6 cm³/mol. The zero-order chi connectivity index (χ0) is 10.5. The van der Waals surface area contributed by atoms with Crippen LogP contribution >= 0.6 is 0 Å². The number of esters is 1. The van der Waals surface area contributed by atoms with Crippen LogP contribution < -0.4 is 0 Å². The van der Waals surface area contributed by atoms with Gasteiger partial charge in [0.1, 0.15) is 5.60 Å². The second-order valence-electron chi connectivity index (χ2n) is 3.60. The summed E-state index contributed by atoms with van der Waals surface area (Å²) in [6, 6.07) is 0. The van der Waals surface area contributed by atoms with E-state index in [1.54, 1.807) is 13.8 Å². The SMILES string of the molecule is CCOC(=O)/C(C)=N\OC(C)(C)C. The lowest BCUT2D eigenvalue weighted by Crippen LogP contribution is -2.20. The number of carbonyl (C=O) groups is 1. The molecule has 0 saturated carbocycles. The minimum atomic E-state index is -0.438. The highest BCUT2D eigenvalue weighted by atomic mass is 16.6. The number of rotatable bonds is 3. The minimum absolute atomic E-state index is 0.233. The number of ether oxygens (including phenoxy) is 1. The molecule has 0 atom stereocenters. The molecule has 0 unspecified atom stereocenters. The Morgan fingerprint density at radius 1 is 1.38 bits per heavy atom. The van der Waals surface area contributed by atoms with Gasteiger partial charge in [-0.05, 0) is 34.6 Å². The summed E-state index contributed by atoms with van der Waals surface area (Å²) in [6.07, 6.45) is 0. The Morgan fingerprint density at radius 3 is 2.31 bits per heavy atom. The van der Waals surface area contributed by atoms with Crippen molar-refractivity contribution in [2.24, 2.45) is 5.16 Å². The third-order valence-corrected chi connectivity index (χ3v) is 1.03. The van der Waals surface area contributed by atoms with Crippen LogP contribution in [0.25, 0.3) is 0 Å². The van der Waals surface area contributed by atoms with Crippen LogP contribution in [0.4, 0.5) is 0 Å². The molecule has 76 valence electrons. The van der Waals surface area contributed by atoms with E-state index < -0.39 is 5.97 Å². The van der Waals surface area contributed by atoms with E-state index in [-0.39, 0.29) is 11.3 Å². The van der Waals surface area contributed by atoms with Crippen molar-refractivity contribution < 1.29 is 14.4 Å². The Bertz CT molecular complexity index is 203. The molecule has 0 saturated heterocycles. The molecule has 0 radical (unpaired) electrons. The molecule has 0 aromatic carbocycles. The van der Waals surface area contributed by atoms with Gasteiger partial charge in [0.05, 0.1) is 6.61 Å². The molecule has 0 aliphatic carbocycles. The molecule has 0 spiro atoms. The molecule has 0 bridgehead atoms. The summed E-state index contributed by atoms with van der Waals surface area (Å²) in [7, 11) is 0. The van der Waals surface area contributed by atoms with Crippen molar-refractivity contribution in [2.45, 2.75) is 40.2 Å². The average Bonchev–Trinajstić information content (AvgIpc) is 1.99. The smallest absolute Gasteiger partial charge is 0.355 e. The maximum atomic E-state index is 11.0. The summed E-state index contributed by atoms with van der Waals surface area (Å²) >= 11 is 0. The van der Waals surface area contributed by atoms with E-state index in [2.05, 4.69) is 5.16 Å². The molecule has 0 aromatic heterocycles. The highest BCUT2D eigenvalue weighted by Crippen LogP contribution is 2.06. The molecular weight excluding hydrogens is 170 g/mol. The second kappa shape index (κ2) is 4.84. The van der Waals surface area contributed by atoms with Crippen LogP contribution in [-0.2, 0) is 14.4 Å². The number of hydrogen-bond donors (Lipinski definition) is 0. The van der Waals surface area contributed by atoms with Crippen molar-refractivity contribution >= 4 is 11.7 Å². The first kappa shape index (κ1) is 11.9. The Labute approximate surface area is 78.9 Å². The summed E-state index contributed by atoms with van der Waals surface area (Å²) < 4.78 is 4.72. The first-order valence-electron chi connectivity index (χ1n) is 4.26. The van der Waals surface area contributed by atoms with E-state index in [9.17, 15) is 4.79 Å². The van der Waals surface area contributed by atoms with Gasteiger partial charge in [-0.15, -0.1) is 0 Å². The largest absolute Gasteiger partial charge is 0.461 e. The maximum absolute atomic E-state index is 11.0. The molecule has 4 nitrogen and oxygen atoms in total. The van der Waals surface area contributed by atoms with Gasteiger partial charge in [0.25, 0.3) is 0 Å². The average molecular weight is 187 g/mol. The van der Waals surface area contributed by atoms with Gasteiger partial charge in [-0.1, -0.05) is 5.16 Å². The summed E-state index contributed by atoms with van der Waals surface area (Å²) in [5.41, 5.74) is -0.148. The summed E-state index contributed by atoms with van der Waals surface area (Å²) in [6.45, 7) is 9.22. The topological polar surface area (TPSA) is 47.9 Å². The molecule has 0 aromatic rings. The van der Waals surface area contributed by atoms with Crippen molar-refractivity contribution in [2.75, 3.05) is 6.61 Å². The van der Waals surface area contributed by atoms with E-state index >= 15 is 0 Å². The van der Waals surface area contributed by atoms with E-state index in [1.807, 2.05) is 20.8 Å². The van der Waals surface area contributed by atoms with Crippen LogP contribution in [0.5, 0.6) is 0 Å². The predicted octanol–water partition coefficient (Wildman–Crippen LogP) is 1.74. The fraction of sp³-hybridized carbons (Fsp3) is 0.778. The van der Waals surface area contributed by atoms with Gasteiger partial charge in [-0.2, -0.15) is 0 Å². The molecule has 0 fully saturated rings. The zero-order valence-corrected chi connectivity index (χ0v) is 8.88. The van der Waals surface area contributed by atoms with Crippen LogP contribution in [0.15, 0.2) is 5.16 Å². The van der Waals surface area contributed by atoms with Gasteiger partial charge in [0.2, 0.25) is 0 Å². The molecular formula is C9H17NO3. The normalized spacial score (nSPS) is 12.5. The van der Waals surface area contributed by atoms with Crippen LogP contribution in [0.3, 0.4) is 0 Å². The lowest BCUT2D eigenvalue weighted by Gasteiger charge is -2.15. The van der Waals surface area contributed by atoms with Gasteiger partial charge in [0.15, 0.2) is 5.71 Å². The first-order chi connectivity index (χ1) is 5.87. The van der Waals surface area contributed by atoms with Crippen LogP contribution in [-0.4, -0.2) is 23.9 Å². The van der Waals surface area contributed by atoms with Crippen LogP contribution in [0, 0.1) is 0 Å². The fourth-order valence-corrected chi connectivity index (χ4v) is 0.478. The number of nitrogens with zero attached hydrogens (tertiary/aromatic N) is 1. The first-order valence-corrected chi connectivity index (χ1v) is 4.26. The maximum Gasteiger partial charge on any atom is 0.355 e. The molecule has 0 rings (SSSR count). The van der Waals surface area contributed by atoms with Crippen LogP contribution in [0.1, 0.15) is 34.6 Å². The third-order valence-electron chi connectivity index (χ3n) is 1.03. The molecule has 0 heterocycles. The van der Waals surface area contributed by atoms with Crippen molar-refractivity contribution in [1.82, 2.24) is 0 Å². The van der Waals surface area contributed by atoms with E-state index in [0.29, 0.717) is 6.61 Å². The summed E-state index contributed by atoms with van der Waals surface area (Å²) in [4.78, 5) is 16.1. The van der Waals surface area contributed by atoms with Crippen LogP contribution in [0.2, 0.25) is 0 Å². The Balaban J connectivity index is 4.09. The van der Waals surface area contributed by atoms with Gasteiger partial charge in [-0.25, -0.2) is 4.79 Å². The van der Waals surface area contributed by atoms with Crippen molar-refractivity contribution in [1.29, 1.82) is 0 Å². The summed E-state index contributed by atoms with van der Waals surface area (Å²) in [5.74, 6) is -0.438. The highest BCUT2D eigenvalue weighted by molar-refractivity contribution is 6.35. The Morgan fingerprint density at radius 2 is 1.92 bits per heavy atom. The third kappa shape index (κ3) is 6.13. The number of carbonyl (C=O) groups excluding carboxylic acids is 1. The molecule has 0 aliphatic rings. The number of oxime groups is 1. The fourth-order valence-electron chi connectivity index (χ4n) is 0.478. The lowest BCUT2D eigenvalue weighted by atomic mass is 10.2. The van der Waals surface area contributed by atoms with Crippen molar-refractivity contribution in [3.8, 4) is 0 Å². The second-order valence-corrected chi connectivity index (χ2v) is 3.60. The Kier molecular flexibility index (Phi) is 4.45. The van der Waals surface area contributed by atoms with Gasteiger partial charge in [-0.3, -0.25) is 0 Å². The molecule has 0 N–H and O–H groups in total. The molecule has 0 amide bonds. The van der Waals surface area contributed by atoms with Gasteiger partial charge >= 0.3 is 5.97 Å². The lowest BCUT2D eigenvalue weighted by molar-refractivity contribution is -0.135.